The van der Waals surface area contributed by atoms with E-state index >= 15 is 0 Å². The van der Waals surface area contributed by atoms with Crippen LogP contribution in [0.3, 0.4) is 0 Å². The van der Waals surface area contributed by atoms with Crippen LogP contribution < -0.4 is 5.73 Å². The van der Waals surface area contributed by atoms with E-state index in [0.717, 1.165) is 37.7 Å². The number of carbonyl (C=O) groups is 1. The maximum absolute atomic E-state index is 11.3. The van der Waals surface area contributed by atoms with Crippen molar-refractivity contribution >= 4 is 5.91 Å². The van der Waals surface area contributed by atoms with Crippen molar-refractivity contribution in [3.8, 4) is 0 Å². The Balaban J connectivity index is 2.37. The minimum Gasteiger partial charge on any atom is -0.363 e. The van der Waals surface area contributed by atoms with Crippen molar-refractivity contribution in [1.29, 1.82) is 0 Å². The Morgan fingerprint density at radius 1 is 1.47 bits per heavy atom. The highest BCUT2D eigenvalue weighted by atomic mass is 16.5. The van der Waals surface area contributed by atoms with Crippen LogP contribution in [0.25, 0.3) is 0 Å². The molecule has 0 spiro atoms. The number of nitroso groups, excluding NO2 is 1. The molecule has 0 saturated heterocycles. The number of rotatable bonds is 5. The van der Waals surface area contributed by atoms with Gasteiger partial charge in [0.15, 0.2) is 0 Å². The van der Waals surface area contributed by atoms with Crippen LogP contribution in [0.15, 0.2) is 9.70 Å². The van der Waals surface area contributed by atoms with E-state index < -0.39 is 5.91 Å². The van der Waals surface area contributed by atoms with E-state index in [1.165, 1.54) is 0 Å². The van der Waals surface area contributed by atoms with Crippen molar-refractivity contribution in [2.75, 3.05) is 0 Å². The lowest BCUT2D eigenvalue weighted by molar-refractivity contribution is 0.0963. The first-order valence-corrected chi connectivity index (χ1v) is 6.79. The average molecular weight is 265 g/mol. The monoisotopic (exact) mass is 265 g/mol. The van der Waals surface area contributed by atoms with Crippen molar-refractivity contribution in [3.05, 3.63) is 21.9 Å². The summed E-state index contributed by atoms with van der Waals surface area (Å²) in [5.41, 5.74) is 6.77. The highest BCUT2D eigenvalue weighted by Gasteiger charge is 2.33. The molecule has 2 N–H and O–H groups in total. The van der Waals surface area contributed by atoms with Crippen LogP contribution in [-0.2, 0) is 6.42 Å². The molecule has 1 aliphatic carbocycles. The molecule has 0 aromatic carbocycles. The zero-order chi connectivity index (χ0) is 13.8. The molecule has 2 unspecified atom stereocenters. The molecule has 1 aliphatic rings. The fourth-order valence-corrected chi connectivity index (χ4v) is 2.85. The number of nitrogens with two attached hydrogens (primary N) is 1. The predicted octanol–water partition coefficient (Wildman–Crippen LogP) is 2.52. The quantitative estimate of drug-likeness (QED) is 0.827. The van der Waals surface area contributed by atoms with Crippen LogP contribution >= 0.6 is 0 Å². The number of aromatic nitrogens is 1. The molecule has 0 aliphatic heterocycles. The molecule has 0 radical (unpaired) electrons. The maximum atomic E-state index is 11.3. The van der Waals surface area contributed by atoms with E-state index in [2.05, 4.69) is 10.3 Å². The van der Waals surface area contributed by atoms with E-state index in [0.29, 0.717) is 12.1 Å². The number of amides is 1. The summed E-state index contributed by atoms with van der Waals surface area (Å²) in [5, 5.41) is 7.22. The summed E-state index contributed by atoms with van der Waals surface area (Å²) < 4.78 is 5.09. The normalized spacial score (nSPS) is 23.2. The van der Waals surface area contributed by atoms with E-state index in [4.69, 9.17) is 10.3 Å². The molecule has 6 heteroatoms. The summed E-state index contributed by atoms with van der Waals surface area (Å²) in [6, 6.07) is -0.268. The van der Waals surface area contributed by atoms with Gasteiger partial charge in [0.25, 0.3) is 5.91 Å². The van der Waals surface area contributed by atoms with Gasteiger partial charge in [-0.2, -0.15) is 4.91 Å². The first kappa shape index (κ1) is 13.7. The van der Waals surface area contributed by atoms with Gasteiger partial charge in [0.2, 0.25) is 5.76 Å². The summed E-state index contributed by atoms with van der Waals surface area (Å²) in [6.07, 6.45) is 5.23. The first-order valence-electron chi connectivity index (χ1n) is 6.79. The Labute approximate surface area is 111 Å². The Kier molecular flexibility index (Phi) is 4.29. The minimum atomic E-state index is -0.603. The molecule has 1 heterocycles. The molecule has 1 aromatic heterocycles. The number of carbonyl (C=O) groups excluding carboxylic acids is 1. The number of primary amides is 1. The van der Waals surface area contributed by atoms with Gasteiger partial charge in [-0.15, -0.1) is 0 Å². The summed E-state index contributed by atoms with van der Waals surface area (Å²) in [7, 11) is 0. The van der Waals surface area contributed by atoms with Crippen LogP contribution in [0.4, 0.5) is 0 Å². The second-order valence-corrected chi connectivity index (χ2v) is 5.05. The average Bonchev–Trinajstić information content (AvgIpc) is 2.83. The van der Waals surface area contributed by atoms with Crippen molar-refractivity contribution < 1.29 is 9.32 Å². The van der Waals surface area contributed by atoms with Gasteiger partial charge in [-0.05, 0) is 19.3 Å². The Hall–Kier alpha value is -1.72. The smallest absolute Gasteiger partial charge is 0.287 e. The topological polar surface area (TPSA) is 98.6 Å². The Morgan fingerprint density at radius 3 is 2.84 bits per heavy atom. The van der Waals surface area contributed by atoms with E-state index in [1.54, 1.807) is 0 Å². The predicted molar refractivity (Wildman–Crippen MR) is 69.8 cm³/mol. The molecule has 2 rings (SSSR count). The van der Waals surface area contributed by atoms with Gasteiger partial charge in [0.1, 0.15) is 6.04 Å². The van der Waals surface area contributed by atoms with Crippen molar-refractivity contribution in [2.24, 2.45) is 10.9 Å². The third-order valence-corrected chi connectivity index (χ3v) is 3.76. The number of hydrogen-bond donors (Lipinski definition) is 1. The third kappa shape index (κ3) is 2.67. The van der Waals surface area contributed by atoms with Crippen LogP contribution in [0.1, 0.15) is 66.8 Å². The molecule has 1 fully saturated rings. The largest absolute Gasteiger partial charge is 0.363 e. The lowest BCUT2D eigenvalue weighted by Gasteiger charge is -2.25. The van der Waals surface area contributed by atoms with Gasteiger partial charge >= 0.3 is 0 Å². The van der Waals surface area contributed by atoms with E-state index in [-0.39, 0.29) is 17.7 Å². The van der Waals surface area contributed by atoms with Crippen LogP contribution in [0, 0.1) is 4.91 Å². The first-order chi connectivity index (χ1) is 9.19. The summed E-state index contributed by atoms with van der Waals surface area (Å²) in [5.74, 6) is -0.509. The molecule has 2 atom stereocenters. The van der Waals surface area contributed by atoms with Crippen molar-refractivity contribution in [2.45, 2.75) is 57.4 Å². The lowest BCUT2D eigenvalue weighted by Crippen LogP contribution is -2.22. The zero-order valence-corrected chi connectivity index (χ0v) is 11.1. The molecule has 104 valence electrons. The van der Waals surface area contributed by atoms with Crippen molar-refractivity contribution in [1.82, 2.24) is 5.16 Å². The van der Waals surface area contributed by atoms with Crippen molar-refractivity contribution in [3.63, 3.8) is 0 Å². The number of hydrogen-bond acceptors (Lipinski definition) is 5. The molecule has 1 saturated carbocycles. The molecule has 0 bridgehead atoms. The standard InChI is InChI=1S/C13H19N3O3/c1-2-5-9-11(16-19-12(9)13(14)17)8-6-3-4-7-10(8)15-18/h8,10H,2-7H2,1H3,(H2,14,17). The summed E-state index contributed by atoms with van der Waals surface area (Å²) in [4.78, 5) is 22.3. The molecule has 19 heavy (non-hydrogen) atoms. The second-order valence-electron chi connectivity index (χ2n) is 5.05. The van der Waals surface area contributed by atoms with Crippen LogP contribution in [0.5, 0.6) is 0 Å². The fraction of sp³-hybridized carbons (Fsp3) is 0.692. The third-order valence-electron chi connectivity index (χ3n) is 3.76. The van der Waals surface area contributed by atoms with E-state index in [1.807, 2.05) is 6.92 Å². The van der Waals surface area contributed by atoms with Gasteiger partial charge in [0.05, 0.1) is 5.69 Å². The molecular weight excluding hydrogens is 246 g/mol. The maximum Gasteiger partial charge on any atom is 0.287 e. The van der Waals surface area contributed by atoms with Gasteiger partial charge in [-0.3, -0.25) is 4.79 Å². The summed E-state index contributed by atoms with van der Waals surface area (Å²) in [6.45, 7) is 2.01. The van der Waals surface area contributed by atoms with Crippen LogP contribution in [-0.4, -0.2) is 17.1 Å². The second kappa shape index (κ2) is 5.95. The zero-order valence-electron chi connectivity index (χ0n) is 11.1. The van der Waals surface area contributed by atoms with Gasteiger partial charge in [-0.1, -0.05) is 36.5 Å². The summed E-state index contributed by atoms with van der Waals surface area (Å²) >= 11 is 0. The highest BCUT2D eigenvalue weighted by molar-refractivity contribution is 5.91. The van der Waals surface area contributed by atoms with Gasteiger partial charge in [0, 0.05) is 11.5 Å². The SMILES string of the molecule is CCCc1c(C2CCCCC2N=O)noc1C(N)=O. The molecular formula is C13H19N3O3. The minimum absolute atomic E-state index is 0.0374. The van der Waals surface area contributed by atoms with E-state index in [9.17, 15) is 9.70 Å². The Bertz CT molecular complexity index is 470. The molecule has 1 amide bonds. The van der Waals surface area contributed by atoms with Gasteiger partial charge in [-0.25, -0.2) is 0 Å². The van der Waals surface area contributed by atoms with Crippen LogP contribution in [0.2, 0.25) is 0 Å². The highest BCUT2D eigenvalue weighted by Crippen LogP contribution is 2.37. The lowest BCUT2D eigenvalue weighted by atomic mass is 9.81. The molecule has 1 aromatic rings. The number of nitrogens with zero attached hydrogens (tertiary/aromatic N) is 2. The molecule has 6 nitrogen and oxygen atoms in total. The fourth-order valence-electron chi connectivity index (χ4n) is 2.85. The Morgan fingerprint density at radius 2 is 2.21 bits per heavy atom. The van der Waals surface area contributed by atoms with Gasteiger partial charge < -0.3 is 10.3 Å².